The van der Waals surface area contributed by atoms with Crippen molar-refractivity contribution in [2.24, 2.45) is 0 Å². The third-order valence-corrected chi connectivity index (χ3v) is 6.63. The molecule has 11 nitrogen and oxygen atoms in total. The minimum absolute atomic E-state index is 0. The molecule has 16 heteroatoms. The first-order valence-electron chi connectivity index (χ1n) is 14.1. The minimum Gasteiger partial charge on any atom is -1.00 e. The number of benzene rings is 4. The van der Waals surface area contributed by atoms with Crippen LogP contribution in [0.1, 0.15) is 8.85 Å². The van der Waals surface area contributed by atoms with E-state index in [9.17, 15) is 33.7 Å². The number of fused-ring (bicyclic) bond motifs is 2. The topological polar surface area (TPSA) is 180 Å². The summed E-state index contributed by atoms with van der Waals surface area (Å²) in [4.78, 5) is 34.6. The second-order valence-corrected chi connectivity index (χ2v) is 10.2. The first-order chi connectivity index (χ1) is 23.7. The Labute approximate surface area is 424 Å². The zero-order valence-corrected chi connectivity index (χ0v) is 41.5. The molecule has 2 aromatic heterocycles. The molecule has 0 aliphatic heterocycles. The van der Waals surface area contributed by atoms with E-state index in [1.54, 1.807) is 12.1 Å². The van der Waals surface area contributed by atoms with E-state index in [0.29, 0.717) is 27.2 Å². The minimum atomic E-state index is -0.675. The van der Waals surface area contributed by atoms with Crippen LogP contribution in [0.25, 0.3) is 44.2 Å². The molecule has 2 heterocycles. The van der Waals surface area contributed by atoms with Crippen LogP contribution >= 0.6 is 15.9 Å². The van der Waals surface area contributed by atoms with Crippen LogP contribution in [0.5, 0.6) is 23.0 Å². The van der Waals surface area contributed by atoms with Gasteiger partial charge in [-0.2, -0.15) is 0 Å². The summed E-state index contributed by atoms with van der Waals surface area (Å²) in [6.07, 6.45) is 0. The van der Waals surface area contributed by atoms with Gasteiger partial charge >= 0.3 is 149 Å². The van der Waals surface area contributed by atoms with Crippen molar-refractivity contribution < 1.29 is 192 Å². The van der Waals surface area contributed by atoms with E-state index in [2.05, 4.69) is 20.8 Å². The molecule has 6 aromatic rings. The molecule has 0 saturated heterocycles. The Balaban J connectivity index is 0. The van der Waals surface area contributed by atoms with Crippen LogP contribution in [0.3, 0.4) is 0 Å². The summed E-state index contributed by atoms with van der Waals surface area (Å²) in [7, 11) is 0. The molecule has 0 aliphatic rings. The van der Waals surface area contributed by atoms with Crippen molar-refractivity contribution in [2.45, 2.75) is 7.43 Å². The van der Waals surface area contributed by atoms with Gasteiger partial charge in [-0.15, -0.1) is 0 Å². The fraction of sp³-hybridized carbons (Fsp3) is 0.139. The number of phenolic OH excluding ortho intramolecular Hbond substituents is 3. The average molecular weight is 1030 g/mol. The molecule has 0 unspecified atom stereocenters. The molecule has 6 rings (SSSR count). The van der Waals surface area contributed by atoms with Crippen molar-refractivity contribution in [1.82, 2.24) is 0 Å². The Kier molecular flexibility index (Phi) is 26.2. The third kappa shape index (κ3) is 14.6. The van der Waals surface area contributed by atoms with Gasteiger partial charge in [0.25, 0.3) is 6.47 Å². The molecule has 0 amide bonds. The summed E-state index contributed by atoms with van der Waals surface area (Å²) in [6, 6.07) is 27.5. The Hall–Kier alpha value is -1.63. The van der Waals surface area contributed by atoms with Crippen molar-refractivity contribution in [3.05, 3.63) is 118 Å². The summed E-state index contributed by atoms with van der Waals surface area (Å²) < 4.78 is 38.0. The molecule has 0 spiro atoms. The van der Waals surface area contributed by atoms with Crippen molar-refractivity contribution in [3.8, 4) is 45.3 Å². The molecule has 0 aliphatic carbocycles. The first-order valence-corrected chi connectivity index (χ1v) is 15.2. The summed E-state index contributed by atoms with van der Waals surface area (Å²) in [5.74, 6) is -0.965. The summed E-state index contributed by atoms with van der Waals surface area (Å²) in [5.41, 5.74) is 1.84. The Morgan fingerprint density at radius 1 is 0.731 bits per heavy atom. The van der Waals surface area contributed by atoms with Gasteiger partial charge in [-0.1, -0.05) is 84.0 Å². The molecular weight excluding hydrogens is 992 g/mol. The van der Waals surface area contributed by atoms with E-state index in [4.69, 9.17) is 23.6 Å². The van der Waals surface area contributed by atoms with E-state index in [-0.39, 0.29) is 195 Å². The number of carbonyl (C=O) groups excluding carboxylic acids is 1. The average Bonchev–Trinajstić information content (AvgIpc) is 3.14. The predicted octanol–water partition coefficient (Wildman–Crippen LogP) is 0.927. The van der Waals surface area contributed by atoms with Crippen LogP contribution in [-0.2, 0) is 9.68 Å². The monoisotopic (exact) mass is 1020 g/mol. The molecule has 0 fully saturated rings. The van der Waals surface area contributed by atoms with Gasteiger partial charge in [0, 0.05) is 28.2 Å². The predicted molar refractivity (Wildman–Crippen MR) is 187 cm³/mol. The largest absolute Gasteiger partial charge is 1.00 e. The van der Waals surface area contributed by atoms with Crippen molar-refractivity contribution in [3.63, 3.8) is 0 Å². The maximum atomic E-state index is 12.2. The third-order valence-electron chi connectivity index (χ3n) is 6.33. The Bertz CT molecular complexity index is 2090. The van der Waals surface area contributed by atoms with Crippen LogP contribution in [0.4, 0.5) is 8.78 Å². The molecule has 266 valence electrons. The molecule has 0 radical (unpaired) electrons. The second-order valence-electron chi connectivity index (χ2n) is 9.40. The van der Waals surface area contributed by atoms with Crippen LogP contribution in [0.2, 0.25) is 0 Å². The normalized spacial score (nSPS) is 9.46. The van der Waals surface area contributed by atoms with Crippen molar-refractivity contribution in [2.75, 3.05) is 25.3 Å². The van der Waals surface area contributed by atoms with E-state index >= 15 is 0 Å². The molecule has 0 atom stereocenters. The molecule has 3 N–H and O–H groups in total. The zero-order valence-electron chi connectivity index (χ0n) is 28.4. The first kappa shape index (κ1) is 50.4. The van der Waals surface area contributed by atoms with Gasteiger partial charge in [-0.3, -0.25) is 9.18 Å². The standard InChI is InChI=1S/C17H13FO4.C15H10O4.C2H4BrF.CH2O3.CH4.2Cs.H/c18-8-9-21-14-7-6-12-13(11-4-2-1-3-5-11)10-15(19)22-17(12)16(14)20;16-12-7-6-10-11(9-4-2-1-3-5-9)8-13(17)19-15(10)14(12)18;3-1-2-4;2-1-4-3;;;;/h1-7,10,20H,8-9H2;1-8,16,18H;1-2H2;1,3H;1H4;;;/q;;;;;2*+1;-1/p-1. The van der Waals surface area contributed by atoms with E-state index in [1.165, 1.54) is 24.3 Å². The van der Waals surface area contributed by atoms with Crippen LogP contribution in [-0.4, -0.2) is 47.1 Å². The van der Waals surface area contributed by atoms with Crippen LogP contribution in [0, 0.1) is 0 Å². The Morgan fingerprint density at radius 3 is 1.56 bits per heavy atom. The number of phenols is 3. The van der Waals surface area contributed by atoms with Gasteiger partial charge in [-0.05, 0) is 46.5 Å². The number of carbonyl (C=O) groups is 1. The summed E-state index contributed by atoms with van der Waals surface area (Å²) in [5, 5.41) is 39.5. The number of rotatable bonds is 7. The molecule has 0 saturated carbocycles. The zero-order chi connectivity index (χ0) is 35.8. The SMILES string of the molecule is C.FCCBr.O=CO[O-].O=c1cc(-c2ccccc2)c2ccc(O)c(O)c2o1.O=c1cc(-c2ccccc2)c2ccc(OCCF)c(O)c2o1.[Cs+].[Cs+].[H-]. The Morgan fingerprint density at radius 2 is 1.15 bits per heavy atom. The van der Waals surface area contributed by atoms with Gasteiger partial charge in [0.1, 0.15) is 13.3 Å². The van der Waals surface area contributed by atoms with Crippen molar-refractivity contribution in [1.29, 1.82) is 0 Å². The van der Waals surface area contributed by atoms with Gasteiger partial charge in [0.2, 0.25) is 11.5 Å². The number of aromatic hydroxyl groups is 3. The van der Waals surface area contributed by atoms with Crippen LogP contribution < -0.4 is 159 Å². The van der Waals surface area contributed by atoms with E-state index in [0.717, 1.165) is 11.1 Å². The number of ether oxygens (including phenoxy) is 1. The molecule has 52 heavy (non-hydrogen) atoms. The van der Waals surface area contributed by atoms with E-state index < -0.39 is 23.7 Å². The number of hydrogen-bond donors (Lipinski definition) is 3. The summed E-state index contributed by atoms with van der Waals surface area (Å²) >= 11 is 2.87. The van der Waals surface area contributed by atoms with Gasteiger partial charge in [0.15, 0.2) is 22.7 Å². The van der Waals surface area contributed by atoms with Gasteiger partial charge in [0.05, 0.1) is 6.67 Å². The summed E-state index contributed by atoms with van der Waals surface area (Å²) in [6.45, 7) is -1.30. The maximum Gasteiger partial charge on any atom is 1.00 e. The molecule has 0 bridgehead atoms. The number of hydrogen-bond acceptors (Lipinski definition) is 11. The fourth-order valence-electron chi connectivity index (χ4n) is 4.37. The van der Waals surface area contributed by atoms with Gasteiger partial charge < -0.3 is 40.5 Å². The van der Waals surface area contributed by atoms with Gasteiger partial charge in [-0.25, -0.2) is 14.0 Å². The second kappa shape index (κ2) is 27.0. The number of alkyl halides is 3. The molecule has 4 aromatic carbocycles. The fourth-order valence-corrected chi connectivity index (χ4v) is 4.37. The molecular formula is C36H33BrCs2F2O11. The van der Waals surface area contributed by atoms with E-state index in [1.807, 2.05) is 60.7 Å². The van der Waals surface area contributed by atoms with Crippen molar-refractivity contribution >= 4 is 44.3 Å². The quantitative estimate of drug-likeness (QED) is 0.0518. The smallest absolute Gasteiger partial charge is 1.00 e. The maximum absolute atomic E-state index is 12.2. The van der Waals surface area contributed by atoms with Crippen LogP contribution in [0.15, 0.2) is 115 Å². The number of halogens is 3.